The highest BCUT2D eigenvalue weighted by molar-refractivity contribution is 7.18. The average molecular weight is 348 g/mol. The molecule has 24 heavy (non-hydrogen) atoms. The van der Waals surface area contributed by atoms with Crippen LogP contribution in [0.1, 0.15) is 81.3 Å². The summed E-state index contributed by atoms with van der Waals surface area (Å²) >= 11 is 1.72. The van der Waals surface area contributed by atoms with Gasteiger partial charge in [-0.3, -0.25) is 0 Å². The third-order valence-corrected chi connectivity index (χ3v) is 5.77. The predicted octanol–water partition coefficient (Wildman–Crippen LogP) is 5.33. The fourth-order valence-electron chi connectivity index (χ4n) is 3.14. The molecule has 2 rings (SSSR count). The van der Waals surface area contributed by atoms with E-state index in [0.717, 1.165) is 23.4 Å². The van der Waals surface area contributed by atoms with Gasteiger partial charge in [0.05, 0.1) is 16.3 Å². The van der Waals surface area contributed by atoms with Gasteiger partial charge in [0.1, 0.15) is 5.01 Å². The van der Waals surface area contributed by atoms with Crippen LogP contribution in [0.2, 0.25) is 0 Å². The van der Waals surface area contributed by atoms with Crippen LogP contribution >= 0.6 is 11.3 Å². The summed E-state index contributed by atoms with van der Waals surface area (Å²) < 4.78 is 1.26. The van der Waals surface area contributed by atoms with Crippen molar-refractivity contribution in [3.05, 3.63) is 28.8 Å². The summed E-state index contributed by atoms with van der Waals surface area (Å²) in [7, 11) is 0. The van der Waals surface area contributed by atoms with Crippen LogP contribution in [0.4, 0.5) is 0 Å². The van der Waals surface area contributed by atoms with Crippen LogP contribution in [0.5, 0.6) is 0 Å². The number of aryl methyl sites for hydroxylation is 1. The van der Waals surface area contributed by atoms with Gasteiger partial charge in [0.2, 0.25) is 0 Å². The van der Waals surface area contributed by atoms with Crippen molar-refractivity contribution in [3.63, 3.8) is 0 Å². The average Bonchev–Trinajstić information content (AvgIpc) is 3.02. The molecule has 2 aromatic rings. The lowest BCUT2D eigenvalue weighted by atomic mass is 10.0. The molecule has 0 saturated heterocycles. The zero-order chi connectivity index (χ0) is 17.2. The Bertz CT molecular complexity index is 594. The smallest absolute Gasteiger partial charge is 0.111 e. The third-order valence-electron chi connectivity index (χ3n) is 4.61. The van der Waals surface area contributed by atoms with Crippen molar-refractivity contribution in [2.75, 3.05) is 6.54 Å². The van der Waals surface area contributed by atoms with Gasteiger partial charge in [-0.2, -0.15) is 0 Å². The minimum Gasteiger partial charge on any atom is -0.330 e. The summed E-state index contributed by atoms with van der Waals surface area (Å²) in [5.74, 6) is 0. The number of rotatable bonds is 12. The maximum atomic E-state index is 6.18. The molecular formula is C20H33N3S. The Balaban J connectivity index is 1.83. The number of fused-ring (bicyclic) bond motifs is 1. The fourth-order valence-corrected chi connectivity index (χ4v) is 4.19. The first-order valence-corrected chi connectivity index (χ1v) is 10.4. The molecule has 1 aromatic heterocycles. The number of hydrogen-bond donors (Lipinski definition) is 2. The van der Waals surface area contributed by atoms with E-state index in [9.17, 15) is 0 Å². The maximum absolute atomic E-state index is 6.18. The SMILES string of the molecule is CCCCCCCCCCc1cccc2sc(C(N)CCN)nc12. The van der Waals surface area contributed by atoms with Gasteiger partial charge in [0.25, 0.3) is 0 Å². The van der Waals surface area contributed by atoms with Gasteiger partial charge in [-0.05, 0) is 37.4 Å². The van der Waals surface area contributed by atoms with E-state index in [1.165, 1.54) is 61.6 Å². The summed E-state index contributed by atoms with van der Waals surface area (Å²) in [6.45, 7) is 2.88. The van der Waals surface area contributed by atoms with Crippen molar-refractivity contribution >= 4 is 21.6 Å². The molecule has 0 aliphatic heterocycles. The number of unbranched alkanes of at least 4 members (excludes halogenated alkanes) is 7. The highest BCUT2D eigenvalue weighted by atomic mass is 32.1. The first-order chi connectivity index (χ1) is 11.8. The van der Waals surface area contributed by atoms with Crippen molar-refractivity contribution in [1.29, 1.82) is 0 Å². The van der Waals surface area contributed by atoms with Crippen molar-refractivity contribution in [1.82, 2.24) is 4.98 Å². The van der Waals surface area contributed by atoms with Gasteiger partial charge in [0.15, 0.2) is 0 Å². The standard InChI is InChI=1S/C20H33N3S/c1-2-3-4-5-6-7-8-9-11-16-12-10-13-18-19(16)23-20(24-18)17(22)14-15-21/h10,12-13,17H,2-9,11,14-15,21-22H2,1H3. The second kappa shape index (κ2) is 10.8. The van der Waals surface area contributed by atoms with Crippen LogP contribution in [0.3, 0.4) is 0 Å². The van der Waals surface area contributed by atoms with Crippen LogP contribution in [0.15, 0.2) is 18.2 Å². The third kappa shape index (κ3) is 5.83. The second-order valence-electron chi connectivity index (χ2n) is 6.72. The highest BCUT2D eigenvalue weighted by Gasteiger charge is 2.13. The number of hydrogen-bond acceptors (Lipinski definition) is 4. The molecule has 134 valence electrons. The van der Waals surface area contributed by atoms with E-state index in [2.05, 4.69) is 25.1 Å². The Labute approximate surface area is 150 Å². The number of aromatic nitrogens is 1. The number of thiazole rings is 1. The van der Waals surface area contributed by atoms with E-state index in [-0.39, 0.29) is 6.04 Å². The number of para-hydroxylation sites is 1. The first kappa shape index (κ1) is 19.4. The van der Waals surface area contributed by atoms with Crippen molar-refractivity contribution in [3.8, 4) is 0 Å². The summed E-state index contributed by atoms with van der Waals surface area (Å²) in [6.07, 6.45) is 12.8. The van der Waals surface area contributed by atoms with Gasteiger partial charge >= 0.3 is 0 Å². The molecule has 0 radical (unpaired) electrons. The molecule has 0 aliphatic rings. The molecule has 1 atom stereocenters. The van der Waals surface area contributed by atoms with Crippen molar-refractivity contribution < 1.29 is 0 Å². The zero-order valence-electron chi connectivity index (χ0n) is 15.1. The molecule has 0 aliphatic carbocycles. The quantitative estimate of drug-likeness (QED) is 0.510. The summed E-state index contributed by atoms with van der Waals surface area (Å²) in [4.78, 5) is 4.82. The van der Waals surface area contributed by atoms with E-state index in [1.807, 2.05) is 0 Å². The number of nitrogens with zero attached hydrogens (tertiary/aromatic N) is 1. The largest absolute Gasteiger partial charge is 0.330 e. The van der Waals surface area contributed by atoms with E-state index in [0.29, 0.717) is 6.54 Å². The van der Waals surface area contributed by atoms with Crippen LogP contribution < -0.4 is 11.5 Å². The Hall–Kier alpha value is -0.970. The molecule has 1 aromatic carbocycles. The zero-order valence-corrected chi connectivity index (χ0v) is 15.9. The van der Waals surface area contributed by atoms with Crippen molar-refractivity contribution in [2.24, 2.45) is 11.5 Å². The molecule has 4 N–H and O–H groups in total. The Morgan fingerprint density at radius 3 is 2.46 bits per heavy atom. The molecule has 0 fully saturated rings. The van der Waals surface area contributed by atoms with Gasteiger partial charge in [-0.25, -0.2) is 4.98 Å². The lowest BCUT2D eigenvalue weighted by Gasteiger charge is -2.05. The van der Waals surface area contributed by atoms with E-state index < -0.39 is 0 Å². The monoisotopic (exact) mass is 347 g/mol. The van der Waals surface area contributed by atoms with Gasteiger partial charge in [-0.1, -0.05) is 64.0 Å². The summed E-state index contributed by atoms with van der Waals surface area (Å²) in [5.41, 5.74) is 14.3. The van der Waals surface area contributed by atoms with Gasteiger partial charge in [-0.15, -0.1) is 11.3 Å². The van der Waals surface area contributed by atoms with E-state index in [1.54, 1.807) is 11.3 Å². The summed E-state index contributed by atoms with van der Waals surface area (Å²) in [6, 6.07) is 6.51. The minimum absolute atomic E-state index is 0.0247. The molecule has 4 heteroatoms. The molecule has 1 unspecified atom stereocenters. The van der Waals surface area contributed by atoms with Crippen molar-refractivity contribution in [2.45, 2.75) is 77.2 Å². The molecule has 1 heterocycles. The maximum Gasteiger partial charge on any atom is 0.111 e. The molecule has 0 bridgehead atoms. The molecule has 3 nitrogen and oxygen atoms in total. The predicted molar refractivity (Wildman–Crippen MR) is 107 cm³/mol. The second-order valence-corrected chi connectivity index (χ2v) is 7.79. The van der Waals surface area contributed by atoms with Crippen LogP contribution in [-0.4, -0.2) is 11.5 Å². The van der Waals surface area contributed by atoms with Crippen LogP contribution in [0.25, 0.3) is 10.2 Å². The topological polar surface area (TPSA) is 64.9 Å². The van der Waals surface area contributed by atoms with Gasteiger partial charge < -0.3 is 11.5 Å². The van der Waals surface area contributed by atoms with Crippen LogP contribution in [0, 0.1) is 0 Å². The minimum atomic E-state index is -0.0247. The Kier molecular flexibility index (Phi) is 8.71. The van der Waals surface area contributed by atoms with E-state index >= 15 is 0 Å². The summed E-state index contributed by atoms with van der Waals surface area (Å²) in [5, 5.41) is 1.03. The van der Waals surface area contributed by atoms with E-state index in [4.69, 9.17) is 16.5 Å². The molecule has 0 spiro atoms. The molecule has 0 saturated carbocycles. The lowest BCUT2D eigenvalue weighted by Crippen LogP contribution is -2.14. The molecular weight excluding hydrogens is 314 g/mol. The highest BCUT2D eigenvalue weighted by Crippen LogP contribution is 2.29. The molecule has 0 amide bonds. The normalized spacial score (nSPS) is 12.8. The Morgan fingerprint density at radius 1 is 1.04 bits per heavy atom. The van der Waals surface area contributed by atoms with Gasteiger partial charge in [0, 0.05) is 0 Å². The Morgan fingerprint density at radius 2 is 1.75 bits per heavy atom. The van der Waals surface area contributed by atoms with Crippen LogP contribution in [-0.2, 0) is 6.42 Å². The fraction of sp³-hybridized carbons (Fsp3) is 0.650. The number of benzene rings is 1. The first-order valence-electron chi connectivity index (χ1n) is 9.60. The number of nitrogens with two attached hydrogens (primary N) is 2. The lowest BCUT2D eigenvalue weighted by molar-refractivity contribution is 0.576.